The van der Waals surface area contributed by atoms with Gasteiger partial charge in [-0.25, -0.2) is 0 Å². The molecule has 0 aliphatic heterocycles. The number of aromatic amines is 1. The summed E-state index contributed by atoms with van der Waals surface area (Å²) in [4.78, 5) is 0. The van der Waals surface area contributed by atoms with Gasteiger partial charge in [0.05, 0.1) is 23.5 Å². The monoisotopic (exact) mass is 310 g/mol. The number of hydrogen-bond donors (Lipinski definition) is 3. The van der Waals surface area contributed by atoms with Crippen molar-refractivity contribution in [1.29, 1.82) is 0 Å². The van der Waals surface area contributed by atoms with Gasteiger partial charge >= 0.3 is 0 Å². The predicted octanol–water partition coefficient (Wildman–Crippen LogP) is 1.17. The van der Waals surface area contributed by atoms with Crippen LogP contribution in [0.5, 0.6) is 0 Å². The number of benzene rings is 1. The summed E-state index contributed by atoms with van der Waals surface area (Å²) in [6.45, 7) is 0.220. The van der Waals surface area contributed by atoms with Crippen LogP contribution in [0.1, 0.15) is 5.56 Å². The Labute approximate surface area is 121 Å². The Kier molecular flexibility index (Phi) is 4.29. The molecule has 1 aromatic heterocycles. The zero-order valence-electron chi connectivity index (χ0n) is 10.2. The van der Waals surface area contributed by atoms with E-state index >= 15 is 0 Å². The molecule has 0 aliphatic rings. The molecule has 2 rings (SSSR count). The van der Waals surface area contributed by atoms with E-state index in [1.165, 1.54) is 12.3 Å². The van der Waals surface area contributed by atoms with E-state index in [-0.39, 0.29) is 22.3 Å². The van der Waals surface area contributed by atoms with E-state index in [1.54, 1.807) is 18.2 Å². The smallest absolute Gasteiger partial charge is 0.278 e. The van der Waals surface area contributed by atoms with Crippen molar-refractivity contribution >= 4 is 27.3 Å². The maximum atomic E-state index is 12.0. The molecule has 0 amide bonds. The van der Waals surface area contributed by atoms with Crippen LogP contribution in [0.25, 0.3) is 0 Å². The molecule has 0 saturated heterocycles. The number of H-pyrrole nitrogens is 1. The highest BCUT2D eigenvalue weighted by molar-refractivity contribution is 7.92. The molecule has 0 saturated carbocycles. The lowest BCUT2D eigenvalue weighted by atomic mass is 10.2. The highest BCUT2D eigenvalue weighted by Gasteiger charge is 2.17. The predicted molar refractivity (Wildman–Crippen MR) is 76.8 cm³/mol. The Bertz CT molecular complexity index is 760. The van der Waals surface area contributed by atoms with Crippen molar-refractivity contribution in [2.45, 2.75) is 5.03 Å². The molecule has 1 aromatic carbocycles. The Morgan fingerprint density at radius 3 is 2.85 bits per heavy atom. The van der Waals surface area contributed by atoms with Gasteiger partial charge in [0.15, 0.2) is 5.03 Å². The van der Waals surface area contributed by atoms with E-state index in [0.29, 0.717) is 5.56 Å². The molecule has 4 N–H and O–H groups in total. The lowest BCUT2D eigenvalue weighted by molar-refractivity contribution is 0.597. The minimum absolute atomic E-state index is 0.0491. The van der Waals surface area contributed by atoms with Crippen molar-refractivity contribution in [2.75, 3.05) is 11.3 Å². The highest BCUT2D eigenvalue weighted by atomic mass is 35.5. The zero-order valence-corrected chi connectivity index (χ0v) is 11.8. The Morgan fingerprint density at radius 2 is 2.20 bits per heavy atom. The van der Waals surface area contributed by atoms with Crippen molar-refractivity contribution in [1.82, 2.24) is 10.2 Å². The molecule has 0 bridgehead atoms. The second-order valence-corrected chi connectivity index (χ2v) is 5.78. The first kappa shape index (κ1) is 14.4. The van der Waals surface area contributed by atoms with E-state index in [1.807, 2.05) is 0 Å². The number of aromatic nitrogens is 2. The minimum atomic E-state index is -3.76. The molecule has 0 aliphatic carbocycles. The van der Waals surface area contributed by atoms with Gasteiger partial charge in [-0.05, 0) is 24.3 Å². The Balaban J connectivity index is 2.34. The second-order valence-electron chi connectivity index (χ2n) is 3.73. The average molecular weight is 311 g/mol. The molecule has 104 valence electrons. The summed E-state index contributed by atoms with van der Waals surface area (Å²) < 4.78 is 26.5. The fraction of sp³-hybridized carbons (Fsp3) is 0.0833. The van der Waals surface area contributed by atoms with Crippen LogP contribution in [-0.2, 0) is 10.0 Å². The van der Waals surface area contributed by atoms with Crippen molar-refractivity contribution in [3.63, 3.8) is 0 Å². The summed E-state index contributed by atoms with van der Waals surface area (Å²) in [6, 6.07) is 6.12. The highest BCUT2D eigenvalue weighted by Crippen LogP contribution is 2.25. The van der Waals surface area contributed by atoms with Gasteiger partial charge < -0.3 is 5.73 Å². The molecule has 0 spiro atoms. The van der Waals surface area contributed by atoms with E-state index in [0.717, 1.165) is 0 Å². The first-order valence-corrected chi connectivity index (χ1v) is 7.40. The minimum Gasteiger partial charge on any atom is -0.320 e. The first-order chi connectivity index (χ1) is 9.53. The zero-order chi connectivity index (χ0) is 14.6. The molecule has 0 unspecified atom stereocenters. The van der Waals surface area contributed by atoms with Crippen molar-refractivity contribution in [2.24, 2.45) is 5.73 Å². The summed E-state index contributed by atoms with van der Waals surface area (Å²) in [5.41, 5.74) is 6.14. The molecule has 0 atom stereocenters. The van der Waals surface area contributed by atoms with Gasteiger partial charge in [0.25, 0.3) is 10.0 Å². The standard InChI is InChI=1S/C12H11ClN4O2S/c13-10-4-3-9(2-1-6-14)8-11(10)17-20(18,19)12-5-7-15-16-12/h3-5,7-8,17H,6,14H2,(H,15,16). The Hall–Kier alpha value is -2.01. The molecule has 20 heavy (non-hydrogen) atoms. The molecule has 2 aromatic rings. The molecule has 8 heteroatoms. The van der Waals surface area contributed by atoms with Gasteiger partial charge in [0.1, 0.15) is 0 Å². The van der Waals surface area contributed by atoms with E-state index in [2.05, 4.69) is 26.8 Å². The van der Waals surface area contributed by atoms with Crippen LogP contribution in [-0.4, -0.2) is 25.2 Å². The van der Waals surface area contributed by atoms with Gasteiger partial charge in [-0.15, -0.1) is 0 Å². The molecular weight excluding hydrogens is 300 g/mol. The van der Waals surface area contributed by atoms with E-state index in [4.69, 9.17) is 17.3 Å². The summed E-state index contributed by atoms with van der Waals surface area (Å²) in [5.74, 6) is 5.49. The van der Waals surface area contributed by atoms with Gasteiger partial charge in [-0.3, -0.25) is 9.82 Å². The molecule has 0 radical (unpaired) electrons. The fourth-order valence-corrected chi connectivity index (χ4v) is 2.63. The summed E-state index contributed by atoms with van der Waals surface area (Å²) in [7, 11) is -3.76. The van der Waals surface area contributed by atoms with Crippen LogP contribution >= 0.6 is 11.6 Å². The third-order valence-corrected chi connectivity index (χ3v) is 3.93. The maximum Gasteiger partial charge on any atom is 0.278 e. The lowest BCUT2D eigenvalue weighted by Gasteiger charge is -2.08. The number of nitrogens with zero attached hydrogens (tertiary/aromatic N) is 1. The first-order valence-electron chi connectivity index (χ1n) is 5.53. The average Bonchev–Trinajstić information content (AvgIpc) is 2.94. The number of nitrogens with one attached hydrogen (secondary N) is 2. The molecule has 1 heterocycles. The number of anilines is 1. The van der Waals surface area contributed by atoms with Crippen LogP contribution in [0.2, 0.25) is 5.02 Å². The van der Waals surface area contributed by atoms with Gasteiger partial charge in [-0.1, -0.05) is 23.4 Å². The Morgan fingerprint density at radius 1 is 1.40 bits per heavy atom. The number of nitrogens with two attached hydrogens (primary N) is 1. The van der Waals surface area contributed by atoms with Crippen LogP contribution in [0.4, 0.5) is 5.69 Å². The van der Waals surface area contributed by atoms with Crippen LogP contribution in [0, 0.1) is 11.8 Å². The normalized spacial score (nSPS) is 10.7. The second kappa shape index (κ2) is 5.96. The number of rotatable bonds is 3. The van der Waals surface area contributed by atoms with E-state index in [9.17, 15) is 8.42 Å². The topological polar surface area (TPSA) is 101 Å². The van der Waals surface area contributed by atoms with Gasteiger partial charge in [-0.2, -0.15) is 13.5 Å². The maximum absolute atomic E-state index is 12.0. The number of halogens is 1. The fourth-order valence-electron chi connectivity index (χ4n) is 1.43. The molecule has 0 fully saturated rings. The number of hydrogen-bond acceptors (Lipinski definition) is 4. The van der Waals surface area contributed by atoms with Crippen molar-refractivity contribution in [3.8, 4) is 11.8 Å². The third-order valence-electron chi connectivity index (χ3n) is 2.31. The largest absolute Gasteiger partial charge is 0.320 e. The summed E-state index contributed by atoms with van der Waals surface area (Å²) in [6.07, 6.45) is 1.35. The van der Waals surface area contributed by atoms with Crippen molar-refractivity contribution in [3.05, 3.63) is 41.0 Å². The number of sulfonamides is 1. The molecular formula is C12H11ClN4O2S. The van der Waals surface area contributed by atoms with Gasteiger partial charge in [0, 0.05) is 5.56 Å². The van der Waals surface area contributed by atoms with Crippen LogP contribution in [0.3, 0.4) is 0 Å². The summed E-state index contributed by atoms with van der Waals surface area (Å²) in [5, 5.41) is 6.20. The van der Waals surface area contributed by atoms with E-state index < -0.39 is 10.0 Å². The van der Waals surface area contributed by atoms with Crippen molar-refractivity contribution < 1.29 is 8.42 Å². The van der Waals surface area contributed by atoms with Crippen LogP contribution in [0.15, 0.2) is 35.5 Å². The lowest BCUT2D eigenvalue weighted by Crippen LogP contribution is -2.13. The quantitative estimate of drug-likeness (QED) is 0.741. The van der Waals surface area contributed by atoms with Gasteiger partial charge in [0.2, 0.25) is 0 Å². The molecule has 6 nitrogen and oxygen atoms in total. The SMILES string of the molecule is NCC#Cc1ccc(Cl)c(NS(=O)(=O)c2ccn[nH]2)c1. The summed E-state index contributed by atoms with van der Waals surface area (Å²) >= 11 is 5.97. The van der Waals surface area contributed by atoms with Crippen LogP contribution < -0.4 is 10.5 Å². The third kappa shape index (κ3) is 3.30.